The molecule has 2 rings (SSSR count). The fraction of sp³-hybridized carbons (Fsp3) is 0.571. The zero-order valence-corrected chi connectivity index (χ0v) is 13.5. The second kappa shape index (κ2) is 5.97. The first-order valence-electron chi connectivity index (χ1n) is 6.95. The number of nitrogens with zero attached hydrogens (tertiary/aromatic N) is 4. The number of halogens is 1. The molecule has 0 aliphatic heterocycles. The highest BCUT2D eigenvalue weighted by Crippen LogP contribution is 2.31. The smallest absolute Gasteiger partial charge is 0.0837 e. The molecule has 1 unspecified atom stereocenters. The zero-order valence-electron chi connectivity index (χ0n) is 12.7. The van der Waals surface area contributed by atoms with Crippen LogP contribution < -0.4 is 5.32 Å². The van der Waals surface area contributed by atoms with Crippen molar-refractivity contribution in [2.75, 3.05) is 6.54 Å². The van der Waals surface area contributed by atoms with Crippen LogP contribution in [0, 0.1) is 13.8 Å². The van der Waals surface area contributed by atoms with Crippen molar-refractivity contribution in [3.63, 3.8) is 0 Å². The van der Waals surface area contributed by atoms with Gasteiger partial charge in [0.25, 0.3) is 0 Å². The van der Waals surface area contributed by atoms with Gasteiger partial charge in [-0.05, 0) is 27.3 Å². The molecule has 0 aromatic carbocycles. The van der Waals surface area contributed by atoms with Gasteiger partial charge in [-0.25, -0.2) is 0 Å². The van der Waals surface area contributed by atoms with Crippen LogP contribution in [-0.2, 0) is 13.6 Å². The molecule has 0 aliphatic carbocycles. The lowest BCUT2D eigenvalue weighted by Crippen LogP contribution is -2.26. The van der Waals surface area contributed by atoms with Crippen LogP contribution in [0.2, 0.25) is 5.02 Å². The van der Waals surface area contributed by atoms with Gasteiger partial charge in [-0.3, -0.25) is 9.36 Å². The van der Waals surface area contributed by atoms with Crippen LogP contribution in [0.3, 0.4) is 0 Å². The minimum absolute atomic E-state index is 0.0173. The molecule has 0 fully saturated rings. The molecule has 0 bridgehead atoms. The van der Waals surface area contributed by atoms with Crippen molar-refractivity contribution in [2.45, 2.75) is 40.3 Å². The Balaban J connectivity index is 2.59. The van der Waals surface area contributed by atoms with Crippen molar-refractivity contribution in [3.8, 4) is 0 Å². The van der Waals surface area contributed by atoms with E-state index in [1.165, 1.54) is 5.56 Å². The van der Waals surface area contributed by atoms with Crippen molar-refractivity contribution in [3.05, 3.63) is 33.9 Å². The Hall–Kier alpha value is -1.33. The minimum atomic E-state index is 0.0173. The molecule has 0 aliphatic rings. The summed E-state index contributed by atoms with van der Waals surface area (Å²) in [6.45, 7) is 9.92. The van der Waals surface area contributed by atoms with Crippen molar-refractivity contribution in [2.24, 2.45) is 7.05 Å². The van der Waals surface area contributed by atoms with Crippen LogP contribution in [0.1, 0.15) is 42.5 Å². The number of aromatic nitrogens is 4. The maximum atomic E-state index is 6.37. The molecule has 2 aromatic rings. The zero-order chi connectivity index (χ0) is 14.9. The maximum Gasteiger partial charge on any atom is 0.0837 e. The van der Waals surface area contributed by atoms with Crippen LogP contribution in [0.5, 0.6) is 0 Å². The van der Waals surface area contributed by atoms with Crippen molar-refractivity contribution in [1.29, 1.82) is 0 Å². The summed E-state index contributed by atoms with van der Waals surface area (Å²) in [6, 6.07) is 0.0173. The van der Waals surface area contributed by atoms with Crippen molar-refractivity contribution in [1.82, 2.24) is 24.9 Å². The molecule has 20 heavy (non-hydrogen) atoms. The summed E-state index contributed by atoms with van der Waals surface area (Å²) in [5.74, 6) is 0. The van der Waals surface area contributed by atoms with E-state index in [0.29, 0.717) is 5.02 Å². The average molecular weight is 296 g/mol. The van der Waals surface area contributed by atoms with Crippen LogP contribution >= 0.6 is 11.6 Å². The first-order chi connectivity index (χ1) is 9.51. The van der Waals surface area contributed by atoms with E-state index in [9.17, 15) is 0 Å². The van der Waals surface area contributed by atoms with E-state index in [1.807, 2.05) is 23.3 Å². The van der Waals surface area contributed by atoms with Crippen molar-refractivity contribution >= 4 is 11.6 Å². The maximum absolute atomic E-state index is 6.37. The third-order valence-corrected chi connectivity index (χ3v) is 3.96. The van der Waals surface area contributed by atoms with Gasteiger partial charge in [-0.15, -0.1) is 0 Å². The van der Waals surface area contributed by atoms with Gasteiger partial charge in [0, 0.05) is 24.8 Å². The van der Waals surface area contributed by atoms with Gasteiger partial charge in [-0.1, -0.05) is 18.5 Å². The van der Waals surface area contributed by atoms with E-state index in [2.05, 4.69) is 36.3 Å². The van der Waals surface area contributed by atoms with Crippen LogP contribution in [-0.4, -0.2) is 26.1 Å². The molecule has 1 atom stereocenters. The summed E-state index contributed by atoms with van der Waals surface area (Å²) in [5, 5.41) is 13.1. The molecule has 0 spiro atoms. The monoisotopic (exact) mass is 295 g/mol. The topological polar surface area (TPSA) is 47.7 Å². The fourth-order valence-electron chi connectivity index (χ4n) is 2.66. The summed E-state index contributed by atoms with van der Waals surface area (Å²) in [6.07, 6.45) is 1.71. The lowest BCUT2D eigenvalue weighted by molar-refractivity contribution is 0.539. The Morgan fingerprint density at radius 1 is 1.35 bits per heavy atom. The number of aryl methyl sites for hydroxylation is 3. The predicted molar refractivity (Wildman–Crippen MR) is 81.1 cm³/mol. The normalized spacial score (nSPS) is 12.9. The lowest BCUT2D eigenvalue weighted by Gasteiger charge is -2.20. The number of hydrogen-bond donors (Lipinski definition) is 1. The molecule has 110 valence electrons. The summed E-state index contributed by atoms with van der Waals surface area (Å²) in [5.41, 5.74) is 4.37. The first-order valence-corrected chi connectivity index (χ1v) is 7.33. The SMILES string of the molecule is CCNC(c1c(C)nn(C)c1C)c1c(Cl)cnn1CC. The summed E-state index contributed by atoms with van der Waals surface area (Å²) in [4.78, 5) is 0. The Morgan fingerprint density at radius 2 is 2.05 bits per heavy atom. The largest absolute Gasteiger partial charge is 0.305 e. The van der Waals surface area contributed by atoms with Crippen LogP contribution in [0.25, 0.3) is 0 Å². The molecule has 1 N–H and O–H groups in total. The van der Waals surface area contributed by atoms with E-state index >= 15 is 0 Å². The van der Waals surface area contributed by atoms with E-state index in [4.69, 9.17) is 11.6 Å². The molecule has 2 heterocycles. The Morgan fingerprint density at radius 3 is 2.55 bits per heavy atom. The van der Waals surface area contributed by atoms with Gasteiger partial charge in [-0.2, -0.15) is 10.2 Å². The van der Waals surface area contributed by atoms with E-state index < -0.39 is 0 Å². The predicted octanol–water partition coefficient (Wildman–Crippen LogP) is 2.61. The number of hydrogen-bond acceptors (Lipinski definition) is 3. The second-order valence-electron chi connectivity index (χ2n) is 4.89. The standard InChI is InChI=1S/C14H22ClN5/c1-6-16-13(12-9(3)18-19(5)10(12)4)14-11(15)8-17-20(14)7-2/h8,13,16H,6-7H2,1-5H3. The highest BCUT2D eigenvalue weighted by atomic mass is 35.5. The van der Waals surface area contributed by atoms with Gasteiger partial charge in [0.05, 0.1) is 28.6 Å². The van der Waals surface area contributed by atoms with Gasteiger partial charge in [0.1, 0.15) is 0 Å². The minimum Gasteiger partial charge on any atom is -0.305 e. The van der Waals surface area contributed by atoms with Crippen LogP contribution in [0.15, 0.2) is 6.20 Å². The molecule has 0 saturated carbocycles. The second-order valence-corrected chi connectivity index (χ2v) is 5.30. The molecule has 0 radical (unpaired) electrons. The molecule has 5 nitrogen and oxygen atoms in total. The quantitative estimate of drug-likeness (QED) is 0.922. The third kappa shape index (κ3) is 2.47. The molecule has 0 saturated heterocycles. The van der Waals surface area contributed by atoms with Crippen LogP contribution in [0.4, 0.5) is 0 Å². The third-order valence-electron chi connectivity index (χ3n) is 3.67. The van der Waals surface area contributed by atoms with Gasteiger partial charge in [0.15, 0.2) is 0 Å². The summed E-state index contributed by atoms with van der Waals surface area (Å²) < 4.78 is 3.86. The van der Waals surface area contributed by atoms with Crippen molar-refractivity contribution < 1.29 is 0 Å². The van der Waals surface area contributed by atoms with Gasteiger partial charge >= 0.3 is 0 Å². The molecule has 2 aromatic heterocycles. The summed E-state index contributed by atoms with van der Waals surface area (Å²) in [7, 11) is 1.97. The first kappa shape index (κ1) is 15.1. The van der Waals surface area contributed by atoms with E-state index in [1.54, 1.807) is 6.20 Å². The molecular weight excluding hydrogens is 274 g/mol. The molecule has 6 heteroatoms. The highest BCUT2D eigenvalue weighted by Gasteiger charge is 2.26. The average Bonchev–Trinajstić information content (AvgIpc) is 2.89. The van der Waals surface area contributed by atoms with E-state index in [-0.39, 0.29) is 6.04 Å². The number of rotatable bonds is 5. The fourth-order valence-corrected chi connectivity index (χ4v) is 2.91. The van der Waals surface area contributed by atoms with E-state index in [0.717, 1.165) is 30.2 Å². The Kier molecular flexibility index (Phi) is 4.50. The Labute approximate surface area is 124 Å². The number of nitrogens with one attached hydrogen (secondary N) is 1. The Bertz CT molecular complexity index is 599. The molecular formula is C14H22ClN5. The summed E-state index contributed by atoms with van der Waals surface area (Å²) >= 11 is 6.37. The lowest BCUT2D eigenvalue weighted by atomic mass is 10.0. The highest BCUT2D eigenvalue weighted by molar-refractivity contribution is 6.31. The van der Waals surface area contributed by atoms with Gasteiger partial charge in [0.2, 0.25) is 0 Å². The molecule has 0 amide bonds. The van der Waals surface area contributed by atoms with Gasteiger partial charge < -0.3 is 5.32 Å².